The third kappa shape index (κ3) is 3.36. The van der Waals surface area contributed by atoms with Gasteiger partial charge >= 0.3 is 0 Å². The molecular weight excluding hydrogens is 322 g/mol. The van der Waals surface area contributed by atoms with Gasteiger partial charge in [0, 0.05) is 31.6 Å². The fourth-order valence-corrected chi connectivity index (χ4v) is 3.90. The van der Waals surface area contributed by atoms with Crippen molar-refractivity contribution in [1.82, 2.24) is 14.8 Å². The maximum atomic E-state index is 12.5. The Kier molecular flexibility index (Phi) is 4.45. The van der Waals surface area contributed by atoms with Gasteiger partial charge in [0.2, 0.25) is 0 Å². The van der Waals surface area contributed by atoms with Crippen LogP contribution in [0.25, 0.3) is 0 Å². The first-order chi connectivity index (χ1) is 11.4. The Hall–Kier alpha value is -2.15. The maximum Gasteiger partial charge on any atom is 0.185 e. The van der Waals surface area contributed by atoms with E-state index in [0.717, 1.165) is 29.0 Å². The number of aryl methyl sites for hydroxylation is 2. The van der Waals surface area contributed by atoms with Crippen LogP contribution in [0.3, 0.4) is 0 Å². The number of carbonyl (C=O) groups is 1. The molecule has 7 heteroatoms. The number of aromatic nitrogens is 3. The number of nitrogens with two attached hydrogens (primary N) is 1. The Bertz CT molecular complexity index is 813. The molecule has 0 saturated heterocycles. The predicted octanol–water partition coefficient (Wildman–Crippen LogP) is 2.22. The summed E-state index contributed by atoms with van der Waals surface area (Å²) in [5.74, 6) is 0.966. The van der Waals surface area contributed by atoms with Crippen molar-refractivity contribution in [2.24, 2.45) is 17.8 Å². The number of carbonyl (C=O) groups excluding carboxylic acids is 1. The van der Waals surface area contributed by atoms with Crippen LogP contribution in [0.15, 0.2) is 29.5 Å². The molecule has 0 amide bonds. The van der Waals surface area contributed by atoms with Crippen molar-refractivity contribution in [3.63, 3.8) is 0 Å². The zero-order valence-corrected chi connectivity index (χ0v) is 14.9. The number of Topliss-reactive ketones (excluding diaryl/α,β-unsaturated/α-hetero) is 1. The lowest BCUT2D eigenvalue weighted by atomic mass is 9.90. The number of thioether (sulfide) groups is 1. The van der Waals surface area contributed by atoms with Crippen molar-refractivity contribution in [1.29, 1.82) is 0 Å². The molecule has 1 atom stereocenters. The van der Waals surface area contributed by atoms with Gasteiger partial charge in [0.1, 0.15) is 5.69 Å². The van der Waals surface area contributed by atoms with Crippen molar-refractivity contribution in [3.05, 3.63) is 47.0 Å². The molecule has 0 aromatic carbocycles. The molecule has 2 aromatic rings. The fourth-order valence-electron chi connectivity index (χ4n) is 2.92. The van der Waals surface area contributed by atoms with E-state index in [2.05, 4.69) is 22.0 Å². The number of hydrogen-bond acceptors (Lipinski definition) is 6. The van der Waals surface area contributed by atoms with E-state index in [1.165, 1.54) is 0 Å². The second-order valence-electron chi connectivity index (χ2n) is 6.30. The summed E-state index contributed by atoms with van der Waals surface area (Å²) in [6.45, 7) is 3.94. The average Bonchev–Trinajstić information content (AvgIpc) is 2.86. The highest BCUT2D eigenvalue weighted by Crippen LogP contribution is 2.34. The average molecular weight is 343 g/mol. The largest absolute Gasteiger partial charge is 0.379 e. The Labute approximate surface area is 145 Å². The normalized spacial score (nSPS) is 20.7. The summed E-state index contributed by atoms with van der Waals surface area (Å²) in [6.07, 6.45) is 4.75. The SMILES string of the molecule is Cc1cc(C(=O)Cc2cncc([C@]3(C)CCSC(N)=N3)c2)n(C)n1. The van der Waals surface area contributed by atoms with E-state index in [4.69, 9.17) is 5.73 Å². The molecule has 126 valence electrons. The number of pyridine rings is 1. The molecule has 3 heterocycles. The Morgan fingerprint density at radius 2 is 2.21 bits per heavy atom. The van der Waals surface area contributed by atoms with Crippen LogP contribution < -0.4 is 5.73 Å². The number of nitrogens with zero attached hydrogens (tertiary/aromatic N) is 4. The van der Waals surface area contributed by atoms with Gasteiger partial charge in [-0.2, -0.15) is 5.10 Å². The first kappa shape index (κ1) is 16.7. The van der Waals surface area contributed by atoms with E-state index in [1.54, 1.807) is 29.7 Å². The van der Waals surface area contributed by atoms with Gasteiger partial charge in [0.05, 0.1) is 11.2 Å². The Morgan fingerprint density at radius 3 is 2.88 bits per heavy atom. The predicted molar refractivity (Wildman–Crippen MR) is 96.3 cm³/mol. The zero-order valence-electron chi connectivity index (χ0n) is 14.1. The lowest BCUT2D eigenvalue weighted by Crippen LogP contribution is -2.29. The number of rotatable bonds is 4. The Balaban J connectivity index is 1.85. The molecule has 0 radical (unpaired) electrons. The van der Waals surface area contributed by atoms with Crippen molar-refractivity contribution >= 4 is 22.7 Å². The minimum atomic E-state index is -0.371. The molecular formula is C17H21N5OS. The number of hydrogen-bond donors (Lipinski definition) is 1. The maximum absolute atomic E-state index is 12.5. The summed E-state index contributed by atoms with van der Waals surface area (Å²) in [7, 11) is 1.78. The van der Waals surface area contributed by atoms with Gasteiger partial charge in [0.25, 0.3) is 0 Å². The van der Waals surface area contributed by atoms with Crippen LogP contribution in [0.1, 0.15) is 40.7 Å². The summed E-state index contributed by atoms with van der Waals surface area (Å²) in [5, 5.41) is 4.84. The lowest BCUT2D eigenvalue weighted by molar-refractivity contribution is 0.0984. The van der Waals surface area contributed by atoms with Crippen LogP contribution in [0, 0.1) is 6.92 Å². The summed E-state index contributed by atoms with van der Waals surface area (Å²) in [5.41, 5.74) is 8.85. The van der Waals surface area contributed by atoms with E-state index in [9.17, 15) is 4.79 Å². The van der Waals surface area contributed by atoms with Gasteiger partial charge in [-0.25, -0.2) is 0 Å². The zero-order chi connectivity index (χ0) is 17.3. The number of ketones is 1. The van der Waals surface area contributed by atoms with Crippen LogP contribution in [0.4, 0.5) is 0 Å². The van der Waals surface area contributed by atoms with Crippen molar-refractivity contribution in [3.8, 4) is 0 Å². The van der Waals surface area contributed by atoms with Crippen LogP contribution in [-0.4, -0.2) is 31.5 Å². The smallest absolute Gasteiger partial charge is 0.185 e. The highest BCUT2D eigenvalue weighted by molar-refractivity contribution is 8.13. The molecule has 0 saturated carbocycles. The van der Waals surface area contributed by atoms with Gasteiger partial charge in [-0.1, -0.05) is 11.8 Å². The monoisotopic (exact) mass is 343 g/mol. The molecule has 0 fully saturated rings. The molecule has 1 aliphatic rings. The molecule has 0 aliphatic carbocycles. The number of aliphatic imine (C=N–C) groups is 1. The minimum absolute atomic E-state index is 0.0319. The first-order valence-electron chi connectivity index (χ1n) is 7.84. The summed E-state index contributed by atoms with van der Waals surface area (Å²) < 4.78 is 1.62. The second-order valence-corrected chi connectivity index (χ2v) is 7.41. The van der Waals surface area contributed by atoms with Gasteiger partial charge in [0.15, 0.2) is 11.0 Å². The third-order valence-electron chi connectivity index (χ3n) is 4.26. The highest BCUT2D eigenvalue weighted by Gasteiger charge is 2.30. The molecule has 3 rings (SSSR count). The third-order valence-corrected chi connectivity index (χ3v) is 5.06. The summed E-state index contributed by atoms with van der Waals surface area (Å²) in [6, 6.07) is 3.82. The van der Waals surface area contributed by atoms with Crippen molar-refractivity contribution in [2.45, 2.75) is 32.2 Å². The van der Waals surface area contributed by atoms with Gasteiger partial charge in [-0.3, -0.25) is 19.5 Å². The molecule has 1 aliphatic heterocycles. The van der Waals surface area contributed by atoms with E-state index >= 15 is 0 Å². The van der Waals surface area contributed by atoms with E-state index in [0.29, 0.717) is 17.3 Å². The molecule has 2 aromatic heterocycles. The molecule has 24 heavy (non-hydrogen) atoms. The van der Waals surface area contributed by atoms with Gasteiger partial charge < -0.3 is 5.73 Å². The number of amidine groups is 1. The molecule has 2 N–H and O–H groups in total. The van der Waals surface area contributed by atoms with E-state index < -0.39 is 0 Å². The quantitative estimate of drug-likeness (QED) is 0.860. The van der Waals surface area contributed by atoms with Crippen LogP contribution in [0.5, 0.6) is 0 Å². The molecule has 0 spiro atoms. The summed E-state index contributed by atoms with van der Waals surface area (Å²) >= 11 is 1.57. The second kappa shape index (κ2) is 6.39. The fraction of sp³-hybridized carbons (Fsp3) is 0.412. The standard InChI is InChI=1S/C17H21N5OS/c1-11-6-14(22(3)21-11)15(23)8-12-7-13(10-19-9-12)17(2)4-5-24-16(18)20-17/h6-7,9-10H,4-5,8H2,1-3H3,(H2,18,20)/t17-/m0/s1. The van der Waals surface area contributed by atoms with E-state index in [1.807, 2.05) is 25.3 Å². The van der Waals surface area contributed by atoms with Crippen LogP contribution in [0.2, 0.25) is 0 Å². The van der Waals surface area contributed by atoms with Crippen LogP contribution >= 0.6 is 11.8 Å². The van der Waals surface area contributed by atoms with Gasteiger partial charge in [-0.05, 0) is 43.5 Å². The van der Waals surface area contributed by atoms with Gasteiger partial charge in [-0.15, -0.1) is 0 Å². The topological polar surface area (TPSA) is 86.2 Å². The summed E-state index contributed by atoms with van der Waals surface area (Å²) in [4.78, 5) is 21.4. The van der Waals surface area contributed by atoms with E-state index in [-0.39, 0.29) is 11.3 Å². The minimum Gasteiger partial charge on any atom is -0.379 e. The first-order valence-corrected chi connectivity index (χ1v) is 8.82. The Morgan fingerprint density at radius 1 is 1.42 bits per heavy atom. The van der Waals surface area contributed by atoms with Crippen LogP contribution in [-0.2, 0) is 19.0 Å². The molecule has 0 unspecified atom stereocenters. The molecule has 0 bridgehead atoms. The van der Waals surface area contributed by atoms with Crippen molar-refractivity contribution in [2.75, 3.05) is 5.75 Å². The lowest BCUT2D eigenvalue weighted by Gasteiger charge is -2.29. The highest BCUT2D eigenvalue weighted by atomic mass is 32.2. The molecule has 6 nitrogen and oxygen atoms in total. The van der Waals surface area contributed by atoms with Crippen molar-refractivity contribution < 1.29 is 4.79 Å².